The second-order valence-corrected chi connectivity index (χ2v) is 10.9. The molecule has 2 aromatic carbocycles. The number of carbonyl (C=O) groups is 1. The van der Waals surface area contributed by atoms with Crippen LogP contribution >= 0.6 is 0 Å². The van der Waals surface area contributed by atoms with Crippen LogP contribution in [0.2, 0.25) is 0 Å². The number of rotatable bonds is 8. The van der Waals surface area contributed by atoms with Crippen molar-refractivity contribution in [2.75, 3.05) is 35.7 Å². The first-order chi connectivity index (χ1) is 19.5. The molecule has 1 unspecified atom stereocenters. The van der Waals surface area contributed by atoms with Crippen LogP contribution in [0.25, 0.3) is 11.0 Å². The van der Waals surface area contributed by atoms with E-state index in [0.717, 1.165) is 61.6 Å². The van der Waals surface area contributed by atoms with E-state index in [2.05, 4.69) is 74.4 Å². The number of pyridine rings is 1. The maximum atomic E-state index is 12.5. The number of fused-ring (bicyclic) bond motifs is 1. The number of hydrogen-bond acceptors (Lipinski definition) is 6. The largest absolute Gasteiger partial charge is 0.474 e. The van der Waals surface area contributed by atoms with Crippen molar-refractivity contribution in [2.45, 2.75) is 50.8 Å². The highest BCUT2D eigenvalue weighted by molar-refractivity contribution is 5.99. The minimum Gasteiger partial charge on any atom is -0.474 e. The molecule has 1 aliphatic carbocycles. The maximum absolute atomic E-state index is 12.5. The van der Waals surface area contributed by atoms with Crippen LogP contribution in [0.1, 0.15) is 39.4 Å². The predicted octanol–water partition coefficient (Wildman–Crippen LogP) is 5.89. The molecule has 9 heteroatoms. The monoisotopic (exact) mass is 541 g/mol. The molecule has 0 radical (unpaired) electrons. The van der Waals surface area contributed by atoms with Crippen LogP contribution < -0.4 is 20.3 Å². The highest BCUT2D eigenvalue weighted by Crippen LogP contribution is 2.26. The lowest BCUT2D eigenvalue weighted by atomic mass is 10.2. The summed E-state index contributed by atoms with van der Waals surface area (Å²) in [4.78, 5) is 26.5. The number of nitrogens with one attached hydrogen (secondary N) is 2. The molecule has 2 amide bonds. The Labute approximate surface area is 236 Å². The van der Waals surface area contributed by atoms with Crippen LogP contribution in [0.4, 0.5) is 21.9 Å². The van der Waals surface area contributed by atoms with Gasteiger partial charge in [0.15, 0.2) is 0 Å². The number of aromatic nitrogens is 3. The summed E-state index contributed by atoms with van der Waals surface area (Å²) < 4.78 is 8.09. The zero-order valence-electron chi connectivity index (χ0n) is 23.2. The summed E-state index contributed by atoms with van der Waals surface area (Å²) in [5, 5.41) is 5.75. The van der Waals surface area contributed by atoms with E-state index in [4.69, 9.17) is 9.72 Å². The Bertz CT molecular complexity index is 1450. The van der Waals surface area contributed by atoms with Gasteiger partial charge < -0.3 is 24.8 Å². The fourth-order valence-corrected chi connectivity index (χ4v) is 5.78. The molecule has 9 nitrogen and oxygen atoms in total. The van der Waals surface area contributed by atoms with Gasteiger partial charge >= 0.3 is 6.03 Å². The van der Waals surface area contributed by atoms with Crippen molar-refractivity contribution in [1.82, 2.24) is 19.4 Å². The molecule has 210 valence electrons. The lowest BCUT2D eigenvalue weighted by Crippen LogP contribution is -2.34. The molecule has 1 saturated heterocycles. The van der Waals surface area contributed by atoms with Crippen molar-refractivity contribution >= 4 is 34.1 Å². The van der Waals surface area contributed by atoms with E-state index in [1.807, 2.05) is 30.3 Å². The Hall–Kier alpha value is -4.11. The number of carbonyl (C=O) groups excluding carboxylic acids is 1. The van der Waals surface area contributed by atoms with Gasteiger partial charge in [-0.05, 0) is 81.6 Å². The van der Waals surface area contributed by atoms with Crippen LogP contribution in [-0.4, -0.2) is 57.7 Å². The number of anilines is 3. The molecule has 1 atom stereocenters. The fraction of sp³-hybridized carbons (Fsp3) is 0.387. The zero-order chi connectivity index (χ0) is 27.5. The SMILES string of the molecule is CN(Cc1nc2ccccc2n1C)C1CCN(c2ccc(NC(=O)Nc3ccc(OC4CCCC4)nc3)cc2)C1.[HH]. The van der Waals surface area contributed by atoms with Gasteiger partial charge in [-0.15, -0.1) is 0 Å². The first kappa shape index (κ1) is 26.1. The van der Waals surface area contributed by atoms with Crippen molar-refractivity contribution in [1.29, 1.82) is 0 Å². The number of amides is 2. The quantitative estimate of drug-likeness (QED) is 0.289. The molecule has 1 saturated carbocycles. The number of hydrogen-bond donors (Lipinski definition) is 2. The summed E-state index contributed by atoms with van der Waals surface area (Å²) in [6, 6.07) is 20.1. The molecule has 2 fully saturated rings. The van der Waals surface area contributed by atoms with Gasteiger partial charge in [0.1, 0.15) is 11.9 Å². The Morgan fingerprint density at radius 3 is 2.52 bits per heavy atom. The molecule has 0 bridgehead atoms. The topological polar surface area (TPSA) is 87.6 Å². The maximum Gasteiger partial charge on any atom is 0.323 e. The highest BCUT2D eigenvalue weighted by Gasteiger charge is 2.27. The van der Waals surface area contributed by atoms with E-state index in [1.54, 1.807) is 6.20 Å². The van der Waals surface area contributed by atoms with Gasteiger partial charge in [-0.1, -0.05) is 12.1 Å². The molecule has 2 aromatic heterocycles. The van der Waals surface area contributed by atoms with Crippen LogP contribution in [0.15, 0.2) is 66.9 Å². The Balaban J connectivity index is 0.00000337. The zero-order valence-corrected chi connectivity index (χ0v) is 23.2. The van der Waals surface area contributed by atoms with Crippen molar-refractivity contribution in [2.24, 2.45) is 7.05 Å². The van der Waals surface area contributed by atoms with E-state index < -0.39 is 0 Å². The first-order valence-corrected chi connectivity index (χ1v) is 14.2. The Morgan fingerprint density at radius 2 is 1.77 bits per heavy atom. The second-order valence-electron chi connectivity index (χ2n) is 10.9. The molecule has 1 aliphatic heterocycles. The number of urea groups is 1. The van der Waals surface area contributed by atoms with Crippen LogP contribution in [-0.2, 0) is 13.6 Å². The Kier molecular flexibility index (Phi) is 7.55. The molecule has 3 heterocycles. The number of imidazole rings is 1. The summed E-state index contributed by atoms with van der Waals surface area (Å²) in [7, 11) is 4.28. The molecule has 6 rings (SSSR count). The van der Waals surface area contributed by atoms with Crippen molar-refractivity contribution in [3.8, 4) is 5.88 Å². The first-order valence-electron chi connectivity index (χ1n) is 14.2. The number of aryl methyl sites for hydroxylation is 1. The van der Waals surface area contributed by atoms with Crippen LogP contribution in [0, 0.1) is 0 Å². The van der Waals surface area contributed by atoms with E-state index in [0.29, 0.717) is 17.6 Å². The van der Waals surface area contributed by atoms with Crippen molar-refractivity contribution in [3.63, 3.8) is 0 Å². The molecule has 2 N–H and O–H groups in total. The standard InChI is InChI=1S/C31H37N7O2.H2/c1-36(21-29-35-27-9-5-6-10-28(27)37(29)2)25-17-18-38(20-25)24-14-11-22(12-15-24)33-31(39)34-23-13-16-30(32-19-23)40-26-7-3-4-8-26;/h5-6,9-16,19,25-26H,3-4,7-8,17-18,20-21H2,1-2H3,(H2,33,34,39);1H. The Morgan fingerprint density at radius 1 is 1.02 bits per heavy atom. The third-order valence-corrected chi connectivity index (χ3v) is 8.13. The molecule has 0 spiro atoms. The summed E-state index contributed by atoms with van der Waals surface area (Å²) >= 11 is 0. The normalized spacial score (nSPS) is 17.6. The molecular weight excluding hydrogens is 502 g/mol. The summed E-state index contributed by atoms with van der Waals surface area (Å²) in [6.45, 7) is 2.77. The van der Waals surface area contributed by atoms with E-state index in [1.165, 1.54) is 18.4 Å². The van der Waals surface area contributed by atoms with Gasteiger partial charge in [0.2, 0.25) is 5.88 Å². The number of para-hydroxylation sites is 2. The van der Waals surface area contributed by atoms with Crippen LogP contribution in [0.5, 0.6) is 5.88 Å². The number of ether oxygens (including phenoxy) is 1. The third-order valence-electron chi connectivity index (χ3n) is 8.13. The minimum absolute atomic E-state index is 0. The average Bonchev–Trinajstić information content (AvgIpc) is 3.72. The summed E-state index contributed by atoms with van der Waals surface area (Å²) in [5.74, 6) is 1.69. The fourth-order valence-electron chi connectivity index (χ4n) is 5.78. The number of benzene rings is 2. The summed E-state index contributed by atoms with van der Waals surface area (Å²) in [6.07, 6.45) is 7.59. The lowest BCUT2D eigenvalue weighted by Gasteiger charge is -2.25. The van der Waals surface area contributed by atoms with E-state index >= 15 is 0 Å². The van der Waals surface area contributed by atoms with E-state index in [9.17, 15) is 4.79 Å². The summed E-state index contributed by atoms with van der Waals surface area (Å²) in [5.41, 5.74) is 4.73. The van der Waals surface area contributed by atoms with Gasteiger partial charge in [0, 0.05) is 45.0 Å². The average molecular weight is 542 g/mol. The third kappa shape index (κ3) is 5.89. The van der Waals surface area contributed by atoms with Crippen LogP contribution in [0.3, 0.4) is 0 Å². The predicted molar refractivity (Wildman–Crippen MR) is 161 cm³/mol. The number of nitrogens with zero attached hydrogens (tertiary/aromatic N) is 5. The van der Waals surface area contributed by atoms with Crippen molar-refractivity contribution < 1.29 is 11.0 Å². The van der Waals surface area contributed by atoms with E-state index in [-0.39, 0.29) is 13.6 Å². The molecule has 4 aromatic rings. The van der Waals surface area contributed by atoms with Gasteiger partial charge in [0.25, 0.3) is 0 Å². The van der Waals surface area contributed by atoms with Gasteiger partial charge in [-0.3, -0.25) is 4.90 Å². The molecular formula is C31H39N7O2. The van der Waals surface area contributed by atoms with Gasteiger partial charge in [0.05, 0.1) is 29.5 Å². The smallest absolute Gasteiger partial charge is 0.323 e. The molecule has 40 heavy (non-hydrogen) atoms. The van der Waals surface area contributed by atoms with Gasteiger partial charge in [-0.25, -0.2) is 14.8 Å². The van der Waals surface area contributed by atoms with Gasteiger partial charge in [-0.2, -0.15) is 0 Å². The number of likely N-dealkylation sites (N-methyl/N-ethyl adjacent to an activating group) is 1. The minimum atomic E-state index is -0.302. The second kappa shape index (κ2) is 11.6. The lowest BCUT2D eigenvalue weighted by molar-refractivity contribution is 0.201. The van der Waals surface area contributed by atoms with Crippen molar-refractivity contribution in [3.05, 3.63) is 72.7 Å². The molecule has 2 aliphatic rings. The highest BCUT2D eigenvalue weighted by atomic mass is 16.5.